The normalized spacial score (nSPS) is 34.1. The molecule has 4 aliphatic carbocycles. The van der Waals surface area contributed by atoms with E-state index in [0.717, 1.165) is 23.3 Å². The Bertz CT molecular complexity index is 609. The van der Waals surface area contributed by atoms with Crippen molar-refractivity contribution in [3.05, 3.63) is 34.9 Å². The molecule has 1 aromatic carbocycles. The highest BCUT2D eigenvalue weighted by atomic mass is 35.5. The van der Waals surface area contributed by atoms with Gasteiger partial charge in [-0.05, 0) is 86.3 Å². The van der Waals surface area contributed by atoms with E-state index in [1.165, 1.54) is 38.5 Å². The topological polar surface area (TPSA) is 41.1 Å². The van der Waals surface area contributed by atoms with Crippen molar-refractivity contribution >= 4 is 17.5 Å². The van der Waals surface area contributed by atoms with Crippen molar-refractivity contribution in [1.29, 1.82) is 0 Å². The Hall–Kier alpha value is -1.06. The number of carbonyl (C=O) groups excluding carboxylic acids is 1. The van der Waals surface area contributed by atoms with Crippen molar-refractivity contribution in [3.63, 3.8) is 0 Å². The summed E-state index contributed by atoms with van der Waals surface area (Å²) in [6, 6.07) is 8.07. The largest absolute Gasteiger partial charge is 0.351 e. The van der Waals surface area contributed by atoms with Gasteiger partial charge in [0.05, 0.1) is 6.54 Å². The molecule has 4 fully saturated rings. The van der Waals surface area contributed by atoms with Gasteiger partial charge in [0.1, 0.15) is 0 Å². The van der Waals surface area contributed by atoms with Crippen LogP contribution in [0.2, 0.25) is 5.02 Å². The molecule has 136 valence electrons. The number of rotatable bonds is 6. The van der Waals surface area contributed by atoms with E-state index in [2.05, 4.69) is 17.6 Å². The van der Waals surface area contributed by atoms with Gasteiger partial charge in [0, 0.05) is 17.6 Å². The van der Waals surface area contributed by atoms with Gasteiger partial charge in [-0.2, -0.15) is 0 Å². The van der Waals surface area contributed by atoms with E-state index in [4.69, 9.17) is 11.6 Å². The van der Waals surface area contributed by atoms with Crippen LogP contribution >= 0.6 is 11.6 Å². The maximum atomic E-state index is 12.2. The number of hydrogen-bond donors (Lipinski definition) is 2. The van der Waals surface area contributed by atoms with Crippen molar-refractivity contribution in [3.8, 4) is 0 Å². The van der Waals surface area contributed by atoms with Gasteiger partial charge in [0.15, 0.2) is 0 Å². The SMILES string of the molecule is C[C@@H](NCC(=O)NCc1cccc(Cl)c1)C12CC3CC(CC(C3)C1)C2. The molecule has 0 spiro atoms. The zero-order chi connectivity index (χ0) is 17.4. The molecule has 4 heteroatoms. The lowest BCUT2D eigenvalue weighted by atomic mass is 9.48. The molecule has 0 heterocycles. The molecule has 1 atom stereocenters. The van der Waals surface area contributed by atoms with E-state index in [1.54, 1.807) is 0 Å². The summed E-state index contributed by atoms with van der Waals surface area (Å²) in [7, 11) is 0. The van der Waals surface area contributed by atoms with Crippen LogP contribution in [0.3, 0.4) is 0 Å². The van der Waals surface area contributed by atoms with Gasteiger partial charge in [-0.1, -0.05) is 23.7 Å². The van der Waals surface area contributed by atoms with Gasteiger partial charge in [-0.3, -0.25) is 4.79 Å². The molecular weight excluding hydrogens is 332 g/mol. The zero-order valence-corrected chi connectivity index (χ0v) is 15.8. The predicted molar refractivity (Wildman–Crippen MR) is 101 cm³/mol. The highest BCUT2D eigenvalue weighted by Crippen LogP contribution is 2.61. The van der Waals surface area contributed by atoms with Crippen LogP contribution in [0.25, 0.3) is 0 Å². The fourth-order valence-corrected chi connectivity index (χ4v) is 6.29. The summed E-state index contributed by atoms with van der Waals surface area (Å²) in [6.07, 6.45) is 8.51. The maximum absolute atomic E-state index is 12.2. The molecule has 0 radical (unpaired) electrons. The molecule has 4 bridgehead atoms. The van der Waals surface area contributed by atoms with Gasteiger partial charge < -0.3 is 10.6 Å². The molecule has 4 saturated carbocycles. The summed E-state index contributed by atoms with van der Waals surface area (Å²) in [4.78, 5) is 12.2. The third kappa shape index (κ3) is 3.73. The van der Waals surface area contributed by atoms with E-state index in [9.17, 15) is 4.79 Å². The van der Waals surface area contributed by atoms with Crippen LogP contribution < -0.4 is 10.6 Å². The second-order valence-electron chi connectivity index (χ2n) is 8.79. The Labute approximate surface area is 155 Å². The Kier molecular flexibility index (Phi) is 4.81. The Morgan fingerprint density at radius 1 is 1.20 bits per heavy atom. The highest BCUT2D eigenvalue weighted by Gasteiger charge is 2.52. The molecular formula is C21H29ClN2O. The maximum Gasteiger partial charge on any atom is 0.234 e. The first-order chi connectivity index (χ1) is 12.0. The van der Waals surface area contributed by atoms with Gasteiger partial charge in [0.2, 0.25) is 5.91 Å². The average molecular weight is 361 g/mol. The molecule has 3 nitrogen and oxygen atoms in total. The number of carbonyl (C=O) groups is 1. The van der Waals surface area contributed by atoms with Crippen LogP contribution in [0.15, 0.2) is 24.3 Å². The van der Waals surface area contributed by atoms with Crippen LogP contribution in [0.4, 0.5) is 0 Å². The van der Waals surface area contributed by atoms with Crippen molar-refractivity contribution in [2.75, 3.05) is 6.54 Å². The van der Waals surface area contributed by atoms with Crippen LogP contribution in [0.5, 0.6) is 0 Å². The summed E-state index contributed by atoms with van der Waals surface area (Å²) >= 11 is 5.99. The number of amides is 1. The molecule has 1 amide bonds. The highest BCUT2D eigenvalue weighted by molar-refractivity contribution is 6.30. The summed E-state index contributed by atoms with van der Waals surface area (Å²) in [5, 5.41) is 7.25. The van der Waals surface area contributed by atoms with Crippen LogP contribution in [-0.4, -0.2) is 18.5 Å². The molecule has 0 aromatic heterocycles. The summed E-state index contributed by atoms with van der Waals surface area (Å²) in [6.45, 7) is 3.24. The van der Waals surface area contributed by atoms with Crippen molar-refractivity contribution in [1.82, 2.24) is 10.6 Å². The third-order valence-electron chi connectivity index (χ3n) is 6.95. The lowest BCUT2D eigenvalue weighted by molar-refractivity contribution is -0.121. The smallest absolute Gasteiger partial charge is 0.234 e. The van der Waals surface area contributed by atoms with Gasteiger partial charge in [-0.25, -0.2) is 0 Å². The van der Waals surface area contributed by atoms with Crippen molar-refractivity contribution in [2.24, 2.45) is 23.2 Å². The first-order valence-electron chi connectivity index (χ1n) is 9.77. The number of halogens is 1. The van der Waals surface area contributed by atoms with Crippen LogP contribution in [-0.2, 0) is 11.3 Å². The molecule has 0 aliphatic heterocycles. The fraction of sp³-hybridized carbons (Fsp3) is 0.667. The molecule has 25 heavy (non-hydrogen) atoms. The van der Waals surface area contributed by atoms with Crippen molar-refractivity contribution < 1.29 is 4.79 Å². The standard InChI is InChI=1S/C21H29ClN2O/c1-14(21-9-16-5-17(10-21)7-18(6-16)11-21)23-13-20(25)24-12-15-3-2-4-19(22)8-15/h2-4,8,14,16-18,23H,5-7,9-13H2,1H3,(H,24,25)/t14-,16?,17?,18?,21?/m1/s1. The second-order valence-corrected chi connectivity index (χ2v) is 9.23. The fourth-order valence-electron chi connectivity index (χ4n) is 6.08. The lowest BCUT2D eigenvalue weighted by Crippen LogP contribution is -2.55. The lowest BCUT2D eigenvalue weighted by Gasteiger charge is -2.59. The Morgan fingerprint density at radius 3 is 2.44 bits per heavy atom. The number of benzene rings is 1. The second kappa shape index (κ2) is 6.92. The first-order valence-corrected chi connectivity index (χ1v) is 10.1. The molecule has 5 rings (SSSR count). The number of hydrogen-bond acceptors (Lipinski definition) is 2. The number of nitrogens with one attached hydrogen (secondary N) is 2. The molecule has 0 unspecified atom stereocenters. The van der Waals surface area contributed by atoms with Crippen molar-refractivity contribution in [2.45, 2.75) is 58.0 Å². The minimum Gasteiger partial charge on any atom is -0.351 e. The van der Waals surface area contributed by atoms with Gasteiger partial charge in [0.25, 0.3) is 0 Å². The molecule has 2 N–H and O–H groups in total. The zero-order valence-electron chi connectivity index (χ0n) is 15.1. The third-order valence-corrected chi connectivity index (χ3v) is 7.19. The minimum absolute atomic E-state index is 0.0663. The average Bonchev–Trinajstić information content (AvgIpc) is 2.56. The van der Waals surface area contributed by atoms with E-state index in [0.29, 0.717) is 29.6 Å². The van der Waals surface area contributed by atoms with Crippen LogP contribution in [0.1, 0.15) is 51.0 Å². The monoisotopic (exact) mass is 360 g/mol. The van der Waals surface area contributed by atoms with E-state index in [1.807, 2.05) is 24.3 Å². The summed E-state index contributed by atoms with van der Waals surface area (Å²) in [5.41, 5.74) is 1.48. The summed E-state index contributed by atoms with van der Waals surface area (Å²) < 4.78 is 0. The first kappa shape index (κ1) is 17.4. The van der Waals surface area contributed by atoms with E-state index in [-0.39, 0.29) is 5.91 Å². The van der Waals surface area contributed by atoms with E-state index >= 15 is 0 Å². The van der Waals surface area contributed by atoms with Gasteiger partial charge >= 0.3 is 0 Å². The Balaban J connectivity index is 1.27. The van der Waals surface area contributed by atoms with Crippen LogP contribution in [0, 0.1) is 23.2 Å². The van der Waals surface area contributed by atoms with Gasteiger partial charge in [-0.15, -0.1) is 0 Å². The molecule has 0 saturated heterocycles. The predicted octanol–water partition coefficient (Wildman–Crippen LogP) is 4.15. The quantitative estimate of drug-likeness (QED) is 0.800. The summed E-state index contributed by atoms with van der Waals surface area (Å²) in [5.74, 6) is 2.92. The minimum atomic E-state index is 0.0663. The Morgan fingerprint density at radius 2 is 1.84 bits per heavy atom. The molecule has 4 aliphatic rings. The van der Waals surface area contributed by atoms with E-state index < -0.39 is 0 Å². The molecule has 1 aromatic rings.